The van der Waals surface area contributed by atoms with Crippen LogP contribution in [0.15, 0.2) is 78.0 Å². The lowest BCUT2D eigenvalue weighted by molar-refractivity contribution is 0.102. The number of hydrogen-bond acceptors (Lipinski definition) is 6. The highest BCUT2D eigenvalue weighted by Crippen LogP contribution is 2.33. The minimum atomic E-state index is -0.373. The Morgan fingerprint density at radius 1 is 0.969 bits per heavy atom. The van der Waals surface area contributed by atoms with Crippen LogP contribution in [0.25, 0.3) is 11.4 Å². The van der Waals surface area contributed by atoms with Crippen LogP contribution in [0.3, 0.4) is 0 Å². The van der Waals surface area contributed by atoms with Gasteiger partial charge in [-0.1, -0.05) is 54.2 Å². The summed E-state index contributed by atoms with van der Waals surface area (Å²) in [7, 11) is 0. The number of nitrogens with zero attached hydrogens (tertiary/aromatic N) is 3. The molecule has 32 heavy (non-hydrogen) atoms. The van der Waals surface area contributed by atoms with Crippen molar-refractivity contribution in [1.29, 1.82) is 0 Å². The Hall–Kier alpha value is -3.65. The lowest BCUT2D eigenvalue weighted by atomic mass is 10.1. The fourth-order valence-electron chi connectivity index (χ4n) is 3.43. The van der Waals surface area contributed by atoms with Crippen LogP contribution < -0.4 is 9.47 Å². The molecule has 1 aromatic heterocycles. The summed E-state index contributed by atoms with van der Waals surface area (Å²) in [4.78, 5) is 12.8. The van der Waals surface area contributed by atoms with Crippen molar-refractivity contribution in [2.45, 2.75) is 11.7 Å². The Morgan fingerprint density at radius 2 is 1.75 bits per heavy atom. The first kappa shape index (κ1) is 20.3. The van der Waals surface area contributed by atoms with Crippen molar-refractivity contribution in [3.63, 3.8) is 0 Å². The molecule has 8 heteroatoms. The van der Waals surface area contributed by atoms with Gasteiger partial charge < -0.3 is 9.47 Å². The molecule has 0 amide bonds. The molecule has 0 saturated heterocycles. The van der Waals surface area contributed by atoms with Crippen molar-refractivity contribution in [2.24, 2.45) is 0 Å². The van der Waals surface area contributed by atoms with E-state index in [0.29, 0.717) is 40.2 Å². The van der Waals surface area contributed by atoms with Crippen LogP contribution in [0.2, 0.25) is 0 Å². The standard InChI is InChI=1S/C24H18FN3O3S/c25-19-9-5-4-8-18(19)23-26-27-24(28(23)13-16-6-2-1-3-7-16)32-14-20(29)17-10-11-21-22(12-17)31-15-30-21/h1-12H,13-15H2. The van der Waals surface area contributed by atoms with Gasteiger partial charge in [0.1, 0.15) is 5.82 Å². The van der Waals surface area contributed by atoms with Gasteiger partial charge in [-0.25, -0.2) is 4.39 Å². The number of carbonyl (C=O) groups excluding carboxylic acids is 1. The summed E-state index contributed by atoms with van der Waals surface area (Å²) in [5.74, 6) is 1.33. The van der Waals surface area contributed by atoms with E-state index in [1.807, 2.05) is 34.9 Å². The first-order chi connectivity index (χ1) is 15.7. The maximum Gasteiger partial charge on any atom is 0.231 e. The van der Waals surface area contributed by atoms with Gasteiger partial charge in [0, 0.05) is 5.56 Å². The lowest BCUT2D eigenvalue weighted by Gasteiger charge is -2.11. The van der Waals surface area contributed by atoms with Crippen molar-refractivity contribution in [3.05, 3.63) is 89.7 Å². The van der Waals surface area contributed by atoms with Crippen LogP contribution in [-0.2, 0) is 6.54 Å². The molecular weight excluding hydrogens is 429 g/mol. The lowest BCUT2D eigenvalue weighted by Crippen LogP contribution is -2.07. The van der Waals surface area contributed by atoms with Crippen molar-refractivity contribution in [3.8, 4) is 22.9 Å². The third-order valence-corrected chi connectivity index (χ3v) is 6.01. The molecule has 5 rings (SSSR count). The van der Waals surface area contributed by atoms with E-state index in [2.05, 4.69) is 10.2 Å². The number of hydrogen-bond donors (Lipinski definition) is 0. The zero-order valence-corrected chi connectivity index (χ0v) is 17.7. The number of benzene rings is 3. The van der Waals surface area contributed by atoms with Gasteiger partial charge >= 0.3 is 0 Å². The summed E-state index contributed by atoms with van der Waals surface area (Å²) >= 11 is 1.27. The van der Waals surface area contributed by atoms with Crippen molar-refractivity contribution >= 4 is 17.5 Å². The first-order valence-electron chi connectivity index (χ1n) is 9.97. The van der Waals surface area contributed by atoms with Crippen LogP contribution in [0, 0.1) is 5.82 Å². The predicted molar refractivity (Wildman–Crippen MR) is 119 cm³/mol. The smallest absolute Gasteiger partial charge is 0.231 e. The number of Topliss-reactive ketones (excluding diaryl/α,β-unsaturated/α-hetero) is 1. The summed E-state index contributed by atoms with van der Waals surface area (Å²) in [5.41, 5.74) is 1.92. The SMILES string of the molecule is O=C(CSc1nnc(-c2ccccc2F)n1Cc1ccccc1)c1ccc2c(c1)OCO2. The molecule has 0 fully saturated rings. The van der Waals surface area contributed by atoms with E-state index >= 15 is 0 Å². The monoisotopic (exact) mass is 447 g/mol. The Morgan fingerprint density at radius 3 is 2.59 bits per heavy atom. The van der Waals surface area contributed by atoms with E-state index in [1.165, 1.54) is 17.8 Å². The van der Waals surface area contributed by atoms with Crippen LogP contribution >= 0.6 is 11.8 Å². The predicted octanol–water partition coefficient (Wildman–Crippen LogP) is 4.84. The van der Waals surface area contributed by atoms with Crippen LogP contribution in [-0.4, -0.2) is 33.1 Å². The third-order valence-electron chi connectivity index (χ3n) is 5.04. The fraction of sp³-hybridized carbons (Fsp3) is 0.125. The maximum atomic E-state index is 14.5. The second kappa shape index (κ2) is 8.84. The number of ether oxygens (including phenoxy) is 2. The van der Waals surface area contributed by atoms with E-state index in [0.717, 1.165) is 5.56 Å². The Balaban J connectivity index is 1.42. The number of ketones is 1. The molecule has 3 aromatic carbocycles. The molecule has 0 atom stereocenters. The number of fused-ring (bicyclic) bond motifs is 1. The fourth-order valence-corrected chi connectivity index (χ4v) is 4.26. The van der Waals surface area contributed by atoms with E-state index in [9.17, 15) is 9.18 Å². The summed E-state index contributed by atoms with van der Waals surface area (Å²) in [6, 6.07) is 21.4. The summed E-state index contributed by atoms with van der Waals surface area (Å²) < 4.78 is 27.0. The van der Waals surface area contributed by atoms with Gasteiger partial charge in [0.15, 0.2) is 28.3 Å². The van der Waals surface area contributed by atoms with Gasteiger partial charge in [0.25, 0.3) is 0 Å². The zero-order valence-electron chi connectivity index (χ0n) is 16.9. The molecular formula is C24H18FN3O3S. The van der Waals surface area contributed by atoms with Gasteiger partial charge in [-0.05, 0) is 35.9 Å². The quantitative estimate of drug-likeness (QED) is 0.298. The number of thioether (sulfide) groups is 1. The van der Waals surface area contributed by atoms with E-state index in [-0.39, 0.29) is 24.1 Å². The van der Waals surface area contributed by atoms with Crippen molar-refractivity contribution < 1.29 is 18.7 Å². The number of aromatic nitrogens is 3. The summed E-state index contributed by atoms with van der Waals surface area (Å²) in [6.07, 6.45) is 0. The molecule has 0 unspecified atom stereocenters. The van der Waals surface area contributed by atoms with Gasteiger partial charge in [-0.15, -0.1) is 10.2 Å². The van der Waals surface area contributed by atoms with E-state index in [4.69, 9.17) is 9.47 Å². The van der Waals surface area contributed by atoms with Gasteiger partial charge in [0.05, 0.1) is 17.9 Å². The molecule has 1 aliphatic rings. The highest BCUT2D eigenvalue weighted by molar-refractivity contribution is 7.99. The van der Waals surface area contributed by atoms with Gasteiger partial charge in [-0.2, -0.15) is 0 Å². The number of rotatable bonds is 7. The third kappa shape index (κ3) is 4.09. The molecule has 0 radical (unpaired) electrons. The van der Waals surface area contributed by atoms with Gasteiger partial charge in [0.2, 0.25) is 6.79 Å². The molecule has 0 bridgehead atoms. The molecule has 0 N–H and O–H groups in total. The Labute approximate surface area is 188 Å². The normalized spacial score (nSPS) is 12.2. The number of halogens is 1. The molecule has 0 spiro atoms. The summed E-state index contributed by atoms with van der Waals surface area (Å²) in [6.45, 7) is 0.612. The van der Waals surface area contributed by atoms with Gasteiger partial charge in [-0.3, -0.25) is 9.36 Å². The molecule has 160 valence electrons. The second-order valence-corrected chi connectivity index (χ2v) is 8.08. The minimum absolute atomic E-state index is 0.0741. The summed E-state index contributed by atoms with van der Waals surface area (Å²) in [5, 5.41) is 9.05. The maximum absolute atomic E-state index is 14.5. The average Bonchev–Trinajstić information content (AvgIpc) is 3.45. The molecule has 0 saturated carbocycles. The second-order valence-electron chi connectivity index (χ2n) is 7.14. The van der Waals surface area contributed by atoms with E-state index in [1.54, 1.807) is 36.4 Å². The van der Waals surface area contributed by atoms with Crippen molar-refractivity contribution in [1.82, 2.24) is 14.8 Å². The van der Waals surface area contributed by atoms with Crippen molar-refractivity contribution in [2.75, 3.05) is 12.5 Å². The Bertz CT molecular complexity index is 1280. The minimum Gasteiger partial charge on any atom is -0.454 e. The molecule has 0 aliphatic carbocycles. The number of carbonyl (C=O) groups is 1. The molecule has 1 aliphatic heterocycles. The van der Waals surface area contributed by atoms with Crippen LogP contribution in [0.5, 0.6) is 11.5 Å². The molecule has 2 heterocycles. The highest BCUT2D eigenvalue weighted by atomic mass is 32.2. The van der Waals surface area contributed by atoms with Crippen LogP contribution in [0.1, 0.15) is 15.9 Å². The Kier molecular flexibility index (Phi) is 5.60. The largest absolute Gasteiger partial charge is 0.454 e. The average molecular weight is 447 g/mol. The zero-order chi connectivity index (χ0) is 21.9. The molecule has 4 aromatic rings. The van der Waals surface area contributed by atoms with Crippen LogP contribution in [0.4, 0.5) is 4.39 Å². The topological polar surface area (TPSA) is 66.2 Å². The van der Waals surface area contributed by atoms with E-state index < -0.39 is 0 Å². The first-order valence-corrected chi connectivity index (χ1v) is 11.0. The highest BCUT2D eigenvalue weighted by Gasteiger charge is 2.20. The molecule has 6 nitrogen and oxygen atoms in total.